The number of nitro benzene ring substituents is 1. The van der Waals surface area contributed by atoms with Crippen LogP contribution in [-0.4, -0.2) is 19.7 Å². The lowest BCUT2D eigenvalue weighted by Crippen LogP contribution is -2.03. The standard InChI is InChI=1S/C11H10BrFN4O2/c1-2-16-10(6-12)14-15-11(16)8-4-3-7(13)5-9(8)17(18)19/h3-5H,2,6H2,1H3. The molecule has 0 atom stereocenters. The Bertz CT molecular complexity index is 629. The fraction of sp³-hybridized carbons (Fsp3) is 0.273. The number of aromatic nitrogens is 3. The Kier molecular flexibility index (Phi) is 3.89. The van der Waals surface area contributed by atoms with Gasteiger partial charge < -0.3 is 4.57 Å². The average molecular weight is 329 g/mol. The maximum atomic E-state index is 13.1. The van der Waals surface area contributed by atoms with Gasteiger partial charge in [-0.3, -0.25) is 10.1 Å². The van der Waals surface area contributed by atoms with Gasteiger partial charge in [-0.2, -0.15) is 0 Å². The molecule has 2 aromatic rings. The fourth-order valence-corrected chi connectivity index (χ4v) is 2.23. The van der Waals surface area contributed by atoms with E-state index >= 15 is 0 Å². The van der Waals surface area contributed by atoms with E-state index in [1.807, 2.05) is 6.92 Å². The van der Waals surface area contributed by atoms with E-state index in [4.69, 9.17) is 0 Å². The summed E-state index contributed by atoms with van der Waals surface area (Å²) in [5.74, 6) is 0.374. The highest BCUT2D eigenvalue weighted by molar-refractivity contribution is 9.08. The Morgan fingerprint density at radius 3 is 2.79 bits per heavy atom. The molecule has 0 aliphatic rings. The molecule has 0 amide bonds. The van der Waals surface area contributed by atoms with E-state index in [0.29, 0.717) is 23.5 Å². The minimum Gasteiger partial charge on any atom is -0.310 e. The van der Waals surface area contributed by atoms with Crippen molar-refractivity contribution in [3.05, 3.63) is 40.0 Å². The Morgan fingerprint density at radius 2 is 2.21 bits per heavy atom. The van der Waals surface area contributed by atoms with Gasteiger partial charge in [0.1, 0.15) is 11.6 Å². The molecule has 0 fully saturated rings. The summed E-state index contributed by atoms with van der Waals surface area (Å²) in [5.41, 5.74) is -0.0591. The number of rotatable bonds is 4. The van der Waals surface area contributed by atoms with E-state index in [9.17, 15) is 14.5 Å². The molecule has 0 spiro atoms. The van der Waals surface area contributed by atoms with Crippen LogP contribution < -0.4 is 0 Å². The third kappa shape index (κ3) is 2.48. The summed E-state index contributed by atoms with van der Waals surface area (Å²) in [6.07, 6.45) is 0. The van der Waals surface area contributed by atoms with Crippen LogP contribution in [0.3, 0.4) is 0 Å². The predicted molar refractivity (Wildman–Crippen MR) is 70.4 cm³/mol. The number of halogens is 2. The first-order valence-corrected chi connectivity index (χ1v) is 6.63. The van der Waals surface area contributed by atoms with Gasteiger partial charge in [0.2, 0.25) is 0 Å². The highest BCUT2D eigenvalue weighted by Crippen LogP contribution is 2.29. The lowest BCUT2D eigenvalue weighted by molar-refractivity contribution is -0.384. The third-order valence-electron chi connectivity index (χ3n) is 2.66. The van der Waals surface area contributed by atoms with Gasteiger partial charge in [0.15, 0.2) is 5.82 Å². The number of hydrogen-bond donors (Lipinski definition) is 0. The molecule has 0 saturated carbocycles. The molecule has 0 radical (unpaired) electrons. The largest absolute Gasteiger partial charge is 0.310 e. The maximum Gasteiger partial charge on any atom is 0.283 e. The summed E-state index contributed by atoms with van der Waals surface area (Å²) in [7, 11) is 0. The molecule has 0 aliphatic heterocycles. The van der Waals surface area contributed by atoms with Crippen LogP contribution in [0.15, 0.2) is 18.2 Å². The van der Waals surface area contributed by atoms with Gasteiger partial charge in [0.05, 0.1) is 21.9 Å². The monoisotopic (exact) mass is 328 g/mol. The van der Waals surface area contributed by atoms with Gasteiger partial charge in [0, 0.05) is 6.54 Å². The quantitative estimate of drug-likeness (QED) is 0.491. The molecule has 19 heavy (non-hydrogen) atoms. The highest BCUT2D eigenvalue weighted by Gasteiger charge is 2.22. The van der Waals surface area contributed by atoms with Crippen molar-refractivity contribution in [1.29, 1.82) is 0 Å². The number of benzene rings is 1. The minimum absolute atomic E-state index is 0.257. The van der Waals surface area contributed by atoms with Crippen molar-refractivity contribution < 1.29 is 9.31 Å². The summed E-state index contributed by atoms with van der Waals surface area (Å²) in [6, 6.07) is 3.41. The van der Waals surface area contributed by atoms with Crippen LogP contribution in [0, 0.1) is 15.9 Å². The average Bonchev–Trinajstić information content (AvgIpc) is 2.81. The molecule has 8 heteroatoms. The third-order valence-corrected chi connectivity index (χ3v) is 3.16. The van der Waals surface area contributed by atoms with Gasteiger partial charge in [-0.25, -0.2) is 4.39 Å². The minimum atomic E-state index is -0.654. The summed E-state index contributed by atoms with van der Waals surface area (Å²) >= 11 is 3.28. The molecule has 0 saturated heterocycles. The second kappa shape index (κ2) is 5.43. The van der Waals surface area contributed by atoms with Crippen LogP contribution in [-0.2, 0) is 11.9 Å². The Labute approximate surface area is 116 Å². The first-order valence-electron chi connectivity index (χ1n) is 5.50. The topological polar surface area (TPSA) is 73.8 Å². The van der Waals surface area contributed by atoms with Crippen molar-refractivity contribution >= 4 is 21.6 Å². The molecule has 100 valence electrons. The zero-order valence-electron chi connectivity index (χ0n) is 10.0. The van der Waals surface area contributed by atoms with Crippen LogP contribution in [0.2, 0.25) is 0 Å². The summed E-state index contributed by atoms with van der Waals surface area (Å²) in [6.45, 7) is 2.45. The van der Waals surface area contributed by atoms with E-state index in [-0.39, 0.29) is 11.3 Å². The van der Waals surface area contributed by atoms with E-state index in [2.05, 4.69) is 26.1 Å². The van der Waals surface area contributed by atoms with E-state index in [0.717, 1.165) is 6.07 Å². The molecule has 1 heterocycles. The Balaban J connectivity index is 2.65. The molecule has 0 bridgehead atoms. The van der Waals surface area contributed by atoms with Crippen LogP contribution in [0.1, 0.15) is 12.7 Å². The molecule has 1 aromatic heterocycles. The van der Waals surface area contributed by atoms with Gasteiger partial charge in [-0.05, 0) is 19.1 Å². The lowest BCUT2D eigenvalue weighted by atomic mass is 10.1. The molecular formula is C11H10BrFN4O2. The zero-order valence-corrected chi connectivity index (χ0v) is 11.6. The van der Waals surface area contributed by atoms with Gasteiger partial charge in [-0.15, -0.1) is 10.2 Å². The zero-order chi connectivity index (χ0) is 14.0. The molecule has 6 nitrogen and oxygen atoms in total. The molecule has 0 unspecified atom stereocenters. The predicted octanol–water partition coefficient (Wildman–Crippen LogP) is 2.91. The van der Waals surface area contributed by atoms with Crippen molar-refractivity contribution in [3.8, 4) is 11.4 Å². The normalized spacial score (nSPS) is 10.7. The van der Waals surface area contributed by atoms with Gasteiger partial charge >= 0.3 is 0 Å². The highest BCUT2D eigenvalue weighted by atomic mass is 79.9. The van der Waals surface area contributed by atoms with Crippen molar-refractivity contribution in [2.45, 2.75) is 18.8 Å². The maximum absolute atomic E-state index is 13.1. The second-order valence-corrected chi connectivity index (χ2v) is 4.30. The molecule has 1 aromatic carbocycles. The van der Waals surface area contributed by atoms with Crippen LogP contribution in [0.5, 0.6) is 0 Å². The first-order chi connectivity index (χ1) is 9.08. The molecule has 2 rings (SSSR count). The summed E-state index contributed by atoms with van der Waals surface area (Å²) < 4.78 is 14.9. The van der Waals surface area contributed by atoms with Crippen LogP contribution >= 0.6 is 15.9 Å². The van der Waals surface area contributed by atoms with E-state index in [1.54, 1.807) is 4.57 Å². The smallest absolute Gasteiger partial charge is 0.283 e. The van der Waals surface area contributed by atoms with Crippen LogP contribution in [0.4, 0.5) is 10.1 Å². The molecule has 0 N–H and O–H groups in total. The van der Waals surface area contributed by atoms with Crippen molar-refractivity contribution in [1.82, 2.24) is 14.8 Å². The Morgan fingerprint density at radius 1 is 1.47 bits per heavy atom. The van der Waals surface area contributed by atoms with E-state index < -0.39 is 10.7 Å². The number of hydrogen-bond acceptors (Lipinski definition) is 4. The van der Waals surface area contributed by atoms with Gasteiger partial charge in [0.25, 0.3) is 5.69 Å². The van der Waals surface area contributed by atoms with Crippen molar-refractivity contribution in [3.63, 3.8) is 0 Å². The second-order valence-electron chi connectivity index (χ2n) is 3.74. The summed E-state index contributed by atoms with van der Waals surface area (Å²) in [5, 5.41) is 19.4. The Hall–Kier alpha value is -1.83. The summed E-state index contributed by atoms with van der Waals surface area (Å²) in [4.78, 5) is 10.4. The molecular weight excluding hydrogens is 319 g/mol. The number of nitro groups is 1. The first kappa shape index (κ1) is 13.6. The van der Waals surface area contributed by atoms with E-state index in [1.165, 1.54) is 12.1 Å². The SMILES string of the molecule is CCn1c(CBr)nnc1-c1ccc(F)cc1[N+](=O)[O-]. The van der Waals surface area contributed by atoms with Crippen LogP contribution in [0.25, 0.3) is 11.4 Å². The van der Waals surface area contributed by atoms with Crippen molar-refractivity contribution in [2.75, 3.05) is 0 Å². The number of nitrogens with zero attached hydrogens (tertiary/aromatic N) is 4. The lowest BCUT2D eigenvalue weighted by Gasteiger charge is -2.06. The van der Waals surface area contributed by atoms with Crippen molar-refractivity contribution in [2.24, 2.45) is 0 Å². The fourth-order valence-electron chi connectivity index (χ4n) is 1.81. The van der Waals surface area contributed by atoms with Gasteiger partial charge in [-0.1, -0.05) is 15.9 Å². The molecule has 0 aliphatic carbocycles. The number of alkyl halides is 1.